The van der Waals surface area contributed by atoms with Gasteiger partial charge in [-0.05, 0) is 42.4 Å². The molecule has 0 unspecified atom stereocenters. The van der Waals surface area contributed by atoms with Crippen LogP contribution in [0.1, 0.15) is 10.4 Å². The molecule has 3 amide bonds. The number of carbonyl (C=O) groups is 3. The van der Waals surface area contributed by atoms with Crippen LogP contribution in [0.25, 0.3) is 11.1 Å². The number of hydrogen-bond acceptors (Lipinski definition) is 4. The highest BCUT2D eigenvalue weighted by atomic mass is 35.5. The molecule has 2 aromatic rings. The molecule has 1 atom stereocenters. The number of halogens is 1. The predicted molar refractivity (Wildman–Crippen MR) is 111 cm³/mol. The van der Waals surface area contributed by atoms with Gasteiger partial charge in [0.2, 0.25) is 11.8 Å². The second-order valence-corrected chi connectivity index (χ2v) is 7.58. The van der Waals surface area contributed by atoms with Crippen LogP contribution in [0.2, 0.25) is 5.02 Å². The first-order chi connectivity index (χ1) is 14.0. The molecule has 0 saturated carbocycles. The number of likely N-dealkylation sites (N-methyl/N-ethyl adjacent to an activating group) is 1. The first kappa shape index (κ1) is 19.4. The summed E-state index contributed by atoms with van der Waals surface area (Å²) in [5.74, 6) is -0.572. The lowest BCUT2D eigenvalue weighted by Gasteiger charge is -2.39. The second-order valence-electron chi connectivity index (χ2n) is 7.14. The van der Waals surface area contributed by atoms with Crippen LogP contribution in [0.3, 0.4) is 0 Å². The third-order valence-electron chi connectivity index (χ3n) is 5.31. The van der Waals surface area contributed by atoms with Crippen molar-refractivity contribution >= 4 is 35.0 Å². The number of amides is 3. The van der Waals surface area contributed by atoms with E-state index in [1.807, 2.05) is 18.2 Å². The number of nitrogens with zero attached hydrogens (tertiary/aromatic N) is 2. The van der Waals surface area contributed by atoms with E-state index in [1.54, 1.807) is 41.1 Å². The number of fused-ring (bicyclic) bond motifs is 2. The van der Waals surface area contributed by atoms with Crippen LogP contribution >= 0.6 is 11.6 Å². The molecular formula is C21H21ClN4O3. The number of hydrogen-bond donors (Lipinski definition) is 2. The van der Waals surface area contributed by atoms with E-state index < -0.39 is 6.04 Å². The Kier molecular flexibility index (Phi) is 5.25. The molecule has 29 heavy (non-hydrogen) atoms. The molecule has 150 valence electrons. The Balaban J connectivity index is 1.64. The van der Waals surface area contributed by atoms with E-state index in [1.165, 1.54) is 0 Å². The summed E-state index contributed by atoms with van der Waals surface area (Å²) in [6.07, 6.45) is 0. The van der Waals surface area contributed by atoms with E-state index in [0.29, 0.717) is 29.4 Å². The van der Waals surface area contributed by atoms with Crippen LogP contribution in [0, 0.1) is 0 Å². The van der Waals surface area contributed by atoms with Crippen molar-refractivity contribution in [3.05, 3.63) is 53.1 Å². The van der Waals surface area contributed by atoms with Crippen molar-refractivity contribution in [1.29, 1.82) is 0 Å². The molecule has 2 aliphatic rings. The number of nitrogens with one attached hydrogen (secondary N) is 2. The van der Waals surface area contributed by atoms with Crippen molar-refractivity contribution in [1.82, 2.24) is 15.1 Å². The van der Waals surface area contributed by atoms with E-state index in [0.717, 1.165) is 11.1 Å². The van der Waals surface area contributed by atoms with Gasteiger partial charge in [0.05, 0.1) is 24.3 Å². The molecule has 7 nitrogen and oxygen atoms in total. The maximum atomic E-state index is 13.3. The van der Waals surface area contributed by atoms with Crippen molar-refractivity contribution in [2.45, 2.75) is 6.04 Å². The Morgan fingerprint density at radius 2 is 1.86 bits per heavy atom. The molecule has 0 aromatic heterocycles. The van der Waals surface area contributed by atoms with E-state index in [-0.39, 0.29) is 30.8 Å². The smallest absolute Gasteiger partial charge is 0.256 e. The lowest BCUT2D eigenvalue weighted by Crippen LogP contribution is -2.60. The molecule has 2 aromatic carbocycles. The van der Waals surface area contributed by atoms with E-state index >= 15 is 0 Å². The lowest BCUT2D eigenvalue weighted by molar-refractivity contribution is -0.134. The molecule has 1 fully saturated rings. The van der Waals surface area contributed by atoms with Gasteiger partial charge >= 0.3 is 0 Å². The summed E-state index contributed by atoms with van der Waals surface area (Å²) in [6.45, 7) is 1.11. The molecule has 0 bridgehead atoms. The summed E-state index contributed by atoms with van der Waals surface area (Å²) in [5, 5.41) is 6.32. The minimum atomic E-state index is -0.705. The molecule has 1 saturated heterocycles. The maximum absolute atomic E-state index is 13.3. The first-order valence-corrected chi connectivity index (χ1v) is 9.80. The van der Waals surface area contributed by atoms with Crippen molar-refractivity contribution in [3.63, 3.8) is 0 Å². The normalized spacial score (nSPS) is 18.6. The zero-order chi connectivity index (χ0) is 20.5. The van der Waals surface area contributed by atoms with E-state index in [9.17, 15) is 14.4 Å². The summed E-state index contributed by atoms with van der Waals surface area (Å²) in [5.41, 5.74) is 2.73. The standard InChI is InChI=1S/C21H21ClN4O3/c1-23-11-19(27)25-8-9-26-18(12-25)20(28)24-17-7-4-14(10-16(17)21(26)29)13-2-5-15(22)6-3-13/h2-7,10,18,23H,8-9,11-12H2,1H3,(H,24,28)/t18-/m1/s1. The Morgan fingerprint density at radius 1 is 1.14 bits per heavy atom. The van der Waals surface area contributed by atoms with Gasteiger partial charge in [-0.25, -0.2) is 0 Å². The SMILES string of the molecule is CNCC(=O)N1CCN2C(=O)c3cc(-c4ccc(Cl)cc4)ccc3NC(=O)[C@H]2C1. The van der Waals surface area contributed by atoms with Crippen LogP contribution in [-0.2, 0) is 9.59 Å². The van der Waals surface area contributed by atoms with Crippen molar-refractivity contribution in [2.75, 3.05) is 38.5 Å². The third-order valence-corrected chi connectivity index (χ3v) is 5.56. The summed E-state index contributed by atoms with van der Waals surface area (Å²) < 4.78 is 0. The van der Waals surface area contributed by atoms with Gasteiger partial charge in [-0.15, -0.1) is 0 Å². The van der Waals surface area contributed by atoms with Gasteiger partial charge in [-0.3, -0.25) is 14.4 Å². The minimum absolute atomic E-state index is 0.0841. The molecule has 2 N–H and O–H groups in total. The molecule has 0 spiro atoms. The van der Waals surface area contributed by atoms with Gasteiger partial charge in [0.1, 0.15) is 6.04 Å². The van der Waals surface area contributed by atoms with Gasteiger partial charge in [-0.1, -0.05) is 29.8 Å². The molecule has 0 aliphatic carbocycles. The van der Waals surface area contributed by atoms with E-state index in [2.05, 4.69) is 10.6 Å². The van der Waals surface area contributed by atoms with Crippen molar-refractivity contribution < 1.29 is 14.4 Å². The Morgan fingerprint density at radius 3 is 2.59 bits per heavy atom. The quantitative estimate of drug-likeness (QED) is 0.805. The average molecular weight is 413 g/mol. The summed E-state index contributed by atoms with van der Waals surface area (Å²) in [7, 11) is 1.70. The van der Waals surface area contributed by atoms with Crippen LogP contribution in [0.5, 0.6) is 0 Å². The molecule has 0 radical (unpaired) electrons. The van der Waals surface area contributed by atoms with Gasteiger partial charge in [0.15, 0.2) is 0 Å². The first-order valence-electron chi connectivity index (χ1n) is 9.42. The van der Waals surface area contributed by atoms with E-state index in [4.69, 9.17) is 11.6 Å². The number of piperazine rings is 1. The largest absolute Gasteiger partial charge is 0.337 e. The molecule has 4 rings (SSSR count). The zero-order valence-corrected chi connectivity index (χ0v) is 16.7. The number of rotatable bonds is 3. The summed E-state index contributed by atoms with van der Waals surface area (Å²) in [6, 6.07) is 12.1. The van der Waals surface area contributed by atoms with Crippen LogP contribution in [-0.4, -0.2) is 66.8 Å². The lowest BCUT2D eigenvalue weighted by atomic mass is 10.0. The minimum Gasteiger partial charge on any atom is -0.337 e. The fourth-order valence-electron chi connectivity index (χ4n) is 3.76. The maximum Gasteiger partial charge on any atom is 0.256 e. The van der Waals surface area contributed by atoms with Gasteiger partial charge in [0, 0.05) is 18.1 Å². The summed E-state index contributed by atoms with van der Waals surface area (Å²) in [4.78, 5) is 41.5. The second kappa shape index (κ2) is 7.85. The highest BCUT2D eigenvalue weighted by Gasteiger charge is 2.40. The predicted octanol–water partition coefficient (Wildman–Crippen LogP) is 1.83. The number of benzene rings is 2. The Bertz CT molecular complexity index is 976. The zero-order valence-electron chi connectivity index (χ0n) is 15.9. The van der Waals surface area contributed by atoms with Gasteiger partial charge in [-0.2, -0.15) is 0 Å². The Labute approximate surface area is 173 Å². The monoisotopic (exact) mass is 412 g/mol. The van der Waals surface area contributed by atoms with Crippen LogP contribution in [0.15, 0.2) is 42.5 Å². The Hall–Kier alpha value is -2.90. The summed E-state index contributed by atoms with van der Waals surface area (Å²) >= 11 is 5.97. The molecule has 8 heteroatoms. The topological polar surface area (TPSA) is 81.8 Å². The highest BCUT2D eigenvalue weighted by molar-refractivity contribution is 6.30. The van der Waals surface area contributed by atoms with Crippen LogP contribution < -0.4 is 10.6 Å². The molecule has 2 aliphatic heterocycles. The van der Waals surface area contributed by atoms with Crippen molar-refractivity contribution in [2.24, 2.45) is 0 Å². The fourth-order valence-corrected chi connectivity index (χ4v) is 3.89. The van der Waals surface area contributed by atoms with Crippen LogP contribution in [0.4, 0.5) is 5.69 Å². The van der Waals surface area contributed by atoms with Crippen molar-refractivity contribution in [3.8, 4) is 11.1 Å². The highest BCUT2D eigenvalue weighted by Crippen LogP contribution is 2.30. The number of anilines is 1. The molecular weight excluding hydrogens is 392 g/mol. The van der Waals surface area contributed by atoms with Gasteiger partial charge in [0.25, 0.3) is 5.91 Å². The average Bonchev–Trinajstić information content (AvgIpc) is 2.83. The van der Waals surface area contributed by atoms with Gasteiger partial charge < -0.3 is 20.4 Å². The molecule has 2 heterocycles. The fraction of sp³-hybridized carbons (Fsp3) is 0.286. The number of carbonyl (C=O) groups excluding carboxylic acids is 3. The third kappa shape index (κ3) is 3.71.